The summed E-state index contributed by atoms with van der Waals surface area (Å²) >= 11 is 3.36. The van der Waals surface area contributed by atoms with Crippen molar-refractivity contribution in [1.82, 2.24) is 15.4 Å². The minimum Gasteiger partial charge on any atom is -0.319 e. The third-order valence-corrected chi connectivity index (χ3v) is 2.71. The summed E-state index contributed by atoms with van der Waals surface area (Å²) in [4.78, 5) is 11.7. The van der Waals surface area contributed by atoms with Crippen LogP contribution in [0.25, 0.3) is 0 Å². The van der Waals surface area contributed by atoms with Crippen LogP contribution in [0.2, 0.25) is 0 Å². The van der Waals surface area contributed by atoms with Crippen LogP contribution in [0, 0.1) is 6.92 Å². The number of carbonyl (C=O) groups excluding carboxylic acids is 1. The molecular formula is C10H9BrN4O. The first-order valence-corrected chi connectivity index (χ1v) is 5.39. The molecule has 82 valence electrons. The number of aromatic nitrogens is 3. The van der Waals surface area contributed by atoms with Crippen molar-refractivity contribution < 1.29 is 4.79 Å². The Morgan fingerprint density at radius 1 is 1.50 bits per heavy atom. The van der Waals surface area contributed by atoms with Gasteiger partial charge in [0.05, 0.1) is 11.9 Å². The van der Waals surface area contributed by atoms with E-state index in [4.69, 9.17) is 0 Å². The van der Waals surface area contributed by atoms with Gasteiger partial charge in [0.15, 0.2) is 5.69 Å². The number of amides is 1. The fourth-order valence-corrected chi connectivity index (χ4v) is 1.58. The number of aryl methyl sites for hydroxylation is 1. The van der Waals surface area contributed by atoms with Gasteiger partial charge in [0.25, 0.3) is 5.91 Å². The van der Waals surface area contributed by atoms with Gasteiger partial charge in [0, 0.05) is 4.47 Å². The summed E-state index contributed by atoms with van der Waals surface area (Å²) in [6.07, 6.45) is 1.37. The topological polar surface area (TPSA) is 70.7 Å². The van der Waals surface area contributed by atoms with E-state index in [2.05, 4.69) is 36.7 Å². The van der Waals surface area contributed by atoms with Crippen molar-refractivity contribution in [2.24, 2.45) is 0 Å². The molecule has 6 heteroatoms. The number of nitrogens with one attached hydrogen (secondary N) is 2. The van der Waals surface area contributed by atoms with Gasteiger partial charge in [-0.2, -0.15) is 15.4 Å². The number of hydrogen-bond donors (Lipinski definition) is 2. The van der Waals surface area contributed by atoms with Gasteiger partial charge < -0.3 is 5.32 Å². The summed E-state index contributed by atoms with van der Waals surface area (Å²) in [5.41, 5.74) is 2.04. The number of hydrogen-bond acceptors (Lipinski definition) is 3. The molecule has 2 rings (SSSR count). The zero-order valence-electron chi connectivity index (χ0n) is 8.49. The monoisotopic (exact) mass is 280 g/mol. The van der Waals surface area contributed by atoms with Gasteiger partial charge in [0.2, 0.25) is 0 Å². The highest BCUT2D eigenvalue weighted by Crippen LogP contribution is 2.23. The van der Waals surface area contributed by atoms with Gasteiger partial charge in [-0.15, -0.1) is 0 Å². The van der Waals surface area contributed by atoms with E-state index in [9.17, 15) is 4.79 Å². The molecule has 0 spiro atoms. The van der Waals surface area contributed by atoms with Gasteiger partial charge in [0.1, 0.15) is 0 Å². The number of nitrogens with zero attached hydrogens (tertiary/aromatic N) is 2. The molecule has 16 heavy (non-hydrogen) atoms. The Hall–Kier alpha value is -1.69. The Morgan fingerprint density at radius 3 is 3.00 bits per heavy atom. The second kappa shape index (κ2) is 4.44. The van der Waals surface area contributed by atoms with Gasteiger partial charge in [-0.3, -0.25) is 4.79 Å². The lowest BCUT2D eigenvalue weighted by Gasteiger charge is -2.06. The summed E-state index contributed by atoms with van der Waals surface area (Å²) in [6.45, 7) is 1.96. The van der Waals surface area contributed by atoms with Crippen LogP contribution in [0.1, 0.15) is 16.1 Å². The second-order valence-corrected chi connectivity index (χ2v) is 4.15. The van der Waals surface area contributed by atoms with Crippen molar-refractivity contribution in [3.8, 4) is 0 Å². The molecule has 0 saturated carbocycles. The van der Waals surface area contributed by atoms with E-state index >= 15 is 0 Å². The van der Waals surface area contributed by atoms with Crippen LogP contribution in [0.3, 0.4) is 0 Å². The number of halogens is 1. The Morgan fingerprint density at radius 2 is 2.31 bits per heavy atom. The summed E-state index contributed by atoms with van der Waals surface area (Å²) in [5, 5.41) is 12.4. The number of benzene rings is 1. The minimum absolute atomic E-state index is 0.258. The summed E-state index contributed by atoms with van der Waals surface area (Å²) in [7, 11) is 0. The number of H-pyrrole nitrogens is 1. The van der Waals surface area contributed by atoms with E-state index in [1.54, 1.807) is 0 Å². The highest BCUT2D eigenvalue weighted by atomic mass is 79.9. The van der Waals surface area contributed by atoms with Crippen LogP contribution >= 0.6 is 15.9 Å². The molecule has 0 atom stereocenters. The number of aromatic amines is 1. The lowest BCUT2D eigenvalue weighted by atomic mass is 10.2. The number of carbonyl (C=O) groups is 1. The molecule has 0 aliphatic rings. The standard InChI is InChI=1S/C10H9BrN4O/c1-6-2-3-7(11)8(4-6)13-10(16)9-5-12-15-14-9/h2-5H,1H3,(H,13,16)(H,12,14,15). The average molecular weight is 281 g/mol. The van der Waals surface area contributed by atoms with Gasteiger partial charge in [-0.05, 0) is 40.5 Å². The normalized spacial score (nSPS) is 10.1. The van der Waals surface area contributed by atoms with E-state index in [1.165, 1.54) is 6.20 Å². The van der Waals surface area contributed by atoms with Crippen LogP contribution in [0.15, 0.2) is 28.9 Å². The second-order valence-electron chi connectivity index (χ2n) is 3.29. The zero-order valence-corrected chi connectivity index (χ0v) is 10.1. The quantitative estimate of drug-likeness (QED) is 0.885. The molecule has 0 saturated heterocycles. The highest BCUT2D eigenvalue weighted by Gasteiger charge is 2.10. The van der Waals surface area contributed by atoms with Crippen molar-refractivity contribution in [2.75, 3.05) is 5.32 Å². The van der Waals surface area contributed by atoms with Crippen LogP contribution in [0.4, 0.5) is 5.69 Å². The van der Waals surface area contributed by atoms with Crippen molar-refractivity contribution in [2.45, 2.75) is 6.92 Å². The maximum Gasteiger partial charge on any atom is 0.277 e. The van der Waals surface area contributed by atoms with E-state index in [0.717, 1.165) is 10.0 Å². The SMILES string of the molecule is Cc1ccc(Br)c(NC(=O)c2cn[nH]n2)c1. The Kier molecular flexibility index (Phi) is 3.00. The number of anilines is 1. The molecule has 2 N–H and O–H groups in total. The molecule has 1 aromatic heterocycles. The van der Waals surface area contributed by atoms with Gasteiger partial charge >= 0.3 is 0 Å². The molecule has 5 nitrogen and oxygen atoms in total. The maximum atomic E-state index is 11.7. The molecule has 0 unspecified atom stereocenters. The Bertz CT molecular complexity index is 510. The maximum absolute atomic E-state index is 11.7. The van der Waals surface area contributed by atoms with E-state index in [-0.39, 0.29) is 11.6 Å². The molecule has 2 aromatic rings. The molecule has 0 aliphatic carbocycles. The first-order valence-electron chi connectivity index (χ1n) is 4.60. The third kappa shape index (κ3) is 2.27. The van der Waals surface area contributed by atoms with E-state index in [1.807, 2.05) is 25.1 Å². The van der Waals surface area contributed by atoms with Crippen LogP contribution in [-0.4, -0.2) is 21.3 Å². The zero-order chi connectivity index (χ0) is 11.5. The molecule has 1 aromatic carbocycles. The average Bonchev–Trinajstić information content (AvgIpc) is 2.76. The van der Waals surface area contributed by atoms with Crippen molar-refractivity contribution in [3.63, 3.8) is 0 Å². The van der Waals surface area contributed by atoms with Crippen molar-refractivity contribution in [3.05, 3.63) is 40.1 Å². The minimum atomic E-state index is -0.292. The van der Waals surface area contributed by atoms with Crippen molar-refractivity contribution in [1.29, 1.82) is 0 Å². The summed E-state index contributed by atoms with van der Waals surface area (Å²) in [5.74, 6) is -0.292. The lowest BCUT2D eigenvalue weighted by Crippen LogP contribution is -2.12. The fraction of sp³-hybridized carbons (Fsp3) is 0.100. The van der Waals surface area contributed by atoms with Gasteiger partial charge in [-0.25, -0.2) is 0 Å². The Labute approximate surface area is 100 Å². The summed E-state index contributed by atoms with van der Waals surface area (Å²) in [6, 6.07) is 5.71. The first kappa shape index (κ1) is 10.8. The predicted molar refractivity (Wildman–Crippen MR) is 63.2 cm³/mol. The largest absolute Gasteiger partial charge is 0.319 e. The third-order valence-electron chi connectivity index (χ3n) is 2.02. The van der Waals surface area contributed by atoms with Crippen LogP contribution in [0.5, 0.6) is 0 Å². The molecule has 0 aliphatic heterocycles. The first-order chi connectivity index (χ1) is 7.66. The predicted octanol–water partition coefficient (Wildman–Crippen LogP) is 2.13. The fourth-order valence-electron chi connectivity index (χ4n) is 1.23. The summed E-state index contributed by atoms with van der Waals surface area (Å²) < 4.78 is 0.829. The molecule has 1 amide bonds. The van der Waals surface area contributed by atoms with Crippen molar-refractivity contribution >= 4 is 27.5 Å². The van der Waals surface area contributed by atoms with Crippen LogP contribution in [-0.2, 0) is 0 Å². The lowest BCUT2D eigenvalue weighted by molar-refractivity contribution is 0.102. The Balaban J connectivity index is 2.21. The molecular weight excluding hydrogens is 272 g/mol. The van der Waals surface area contributed by atoms with Crippen LogP contribution < -0.4 is 5.32 Å². The number of rotatable bonds is 2. The van der Waals surface area contributed by atoms with Gasteiger partial charge in [-0.1, -0.05) is 6.07 Å². The van der Waals surface area contributed by atoms with E-state index in [0.29, 0.717) is 5.69 Å². The smallest absolute Gasteiger partial charge is 0.277 e. The molecule has 0 bridgehead atoms. The van der Waals surface area contributed by atoms with E-state index < -0.39 is 0 Å². The molecule has 1 heterocycles. The highest BCUT2D eigenvalue weighted by molar-refractivity contribution is 9.10. The molecule has 0 fully saturated rings. The molecule has 0 radical (unpaired) electrons.